The monoisotopic (exact) mass is 273 g/mol. The van der Waals surface area contributed by atoms with E-state index in [1.807, 2.05) is 35.1 Å². The molecule has 4 nitrogen and oxygen atoms in total. The second-order valence-electron chi connectivity index (χ2n) is 5.97. The van der Waals surface area contributed by atoms with Crippen molar-refractivity contribution in [2.75, 3.05) is 7.11 Å². The van der Waals surface area contributed by atoms with E-state index in [1.165, 1.54) is 5.56 Å². The molecule has 0 spiro atoms. The number of aromatic nitrogens is 2. The van der Waals surface area contributed by atoms with Gasteiger partial charge >= 0.3 is 0 Å². The zero-order valence-corrected chi connectivity index (χ0v) is 12.9. The normalized spacial score (nSPS) is 11.7. The molecule has 0 bridgehead atoms. The standard InChI is InChI=1S/C16H23N3O/c1-12-13(10-17-16(2,3)4)11-18-19(12)14-6-8-15(20-5)9-7-14/h6-9,11,17H,10H2,1-5H3. The SMILES string of the molecule is COc1ccc(-n2ncc(CNC(C)(C)C)c2C)cc1. The van der Waals surface area contributed by atoms with Crippen molar-refractivity contribution in [1.82, 2.24) is 15.1 Å². The minimum absolute atomic E-state index is 0.106. The van der Waals surface area contributed by atoms with Gasteiger partial charge < -0.3 is 10.1 Å². The smallest absolute Gasteiger partial charge is 0.119 e. The van der Waals surface area contributed by atoms with Crippen molar-refractivity contribution in [2.24, 2.45) is 0 Å². The van der Waals surface area contributed by atoms with Crippen molar-refractivity contribution < 1.29 is 4.74 Å². The lowest BCUT2D eigenvalue weighted by Crippen LogP contribution is -2.35. The van der Waals surface area contributed by atoms with Gasteiger partial charge in [-0.1, -0.05) is 0 Å². The van der Waals surface area contributed by atoms with Crippen molar-refractivity contribution in [1.29, 1.82) is 0 Å². The van der Waals surface area contributed by atoms with Crippen molar-refractivity contribution in [3.8, 4) is 11.4 Å². The van der Waals surface area contributed by atoms with E-state index in [0.29, 0.717) is 0 Å². The summed E-state index contributed by atoms with van der Waals surface area (Å²) in [6.45, 7) is 9.41. The minimum Gasteiger partial charge on any atom is -0.497 e. The summed E-state index contributed by atoms with van der Waals surface area (Å²) in [4.78, 5) is 0. The molecule has 0 saturated carbocycles. The molecule has 1 N–H and O–H groups in total. The summed E-state index contributed by atoms with van der Waals surface area (Å²) in [7, 11) is 1.67. The molecule has 2 rings (SSSR count). The van der Waals surface area contributed by atoms with Crippen molar-refractivity contribution in [3.63, 3.8) is 0 Å². The molecule has 0 fully saturated rings. The van der Waals surface area contributed by atoms with E-state index < -0.39 is 0 Å². The average molecular weight is 273 g/mol. The molecule has 0 atom stereocenters. The first-order valence-corrected chi connectivity index (χ1v) is 6.83. The third kappa shape index (κ3) is 3.39. The van der Waals surface area contributed by atoms with E-state index >= 15 is 0 Å². The van der Waals surface area contributed by atoms with Crippen LogP contribution in [0.1, 0.15) is 32.0 Å². The summed E-state index contributed by atoms with van der Waals surface area (Å²) in [5.74, 6) is 0.855. The highest BCUT2D eigenvalue weighted by molar-refractivity contribution is 5.39. The Kier molecular flexibility index (Phi) is 4.14. The summed E-state index contributed by atoms with van der Waals surface area (Å²) < 4.78 is 7.13. The van der Waals surface area contributed by atoms with Gasteiger partial charge in [-0.2, -0.15) is 5.10 Å². The molecule has 4 heteroatoms. The molecule has 0 amide bonds. The third-order valence-electron chi connectivity index (χ3n) is 3.24. The largest absolute Gasteiger partial charge is 0.497 e. The van der Waals surface area contributed by atoms with Crippen LogP contribution in [0.5, 0.6) is 5.75 Å². The fraction of sp³-hybridized carbons (Fsp3) is 0.438. The van der Waals surface area contributed by atoms with Crippen molar-refractivity contribution >= 4 is 0 Å². The Morgan fingerprint density at radius 1 is 1.20 bits per heavy atom. The first-order chi connectivity index (χ1) is 9.40. The summed E-state index contributed by atoms with van der Waals surface area (Å²) in [6.07, 6.45) is 1.93. The van der Waals surface area contributed by atoms with Crippen LogP contribution >= 0.6 is 0 Å². The Balaban J connectivity index is 2.19. The van der Waals surface area contributed by atoms with Gasteiger partial charge in [-0.3, -0.25) is 0 Å². The summed E-state index contributed by atoms with van der Waals surface area (Å²) in [5, 5.41) is 7.97. The first-order valence-electron chi connectivity index (χ1n) is 6.83. The number of nitrogens with zero attached hydrogens (tertiary/aromatic N) is 2. The van der Waals surface area contributed by atoms with Crippen molar-refractivity contribution in [2.45, 2.75) is 39.8 Å². The first kappa shape index (κ1) is 14.6. The highest BCUT2D eigenvalue weighted by Crippen LogP contribution is 2.18. The lowest BCUT2D eigenvalue weighted by molar-refractivity contribution is 0.414. The number of hydrogen-bond donors (Lipinski definition) is 1. The van der Waals surface area contributed by atoms with E-state index in [2.05, 4.69) is 38.1 Å². The van der Waals surface area contributed by atoms with Crippen LogP contribution < -0.4 is 10.1 Å². The molecule has 1 aromatic heterocycles. The van der Waals surface area contributed by atoms with E-state index in [9.17, 15) is 0 Å². The average Bonchev–Trinajstić information content (AvgIpc) is 2.77. The molecular weight excluding hydrogens is 250 g/mol. The maximum atomic E-state index is 5.18. The van der Waals surface area contributed by atoms with Gasteiger partial charge in [0, 0.05) is 23.3 Å². The number of hydrogen-bond acceptors (Lipinski definition) is 3. The number of methoxy groups -OCH3 is 1. The molecule has 0 unspecified atom stereocenters. The van der Waals surface area contributed by atoms with Crippen LogP contribution in [0.3, 0.4) is 0 Å². The molecule has 1 heterocycles. The van der Waals surface area contributed by atoms with Gasteiger partial charge in [0.15, 0.2) is 0 Å². The van der Waals surface area contributed by atoms with Crippen LogP contribution in [0.15, 0.2) is 30.5 Å². The van der Waals surface area contributed by atoms with E-state index in [1.54, 1.807) is 7.11 Å². The maximum Gasteiger partial charge on any atom is 0.119 e. The molecule has 0 radical (unpaired) electrons. The minimum atomic E-state index is 0.106. The summed E-state index contributed by atoms with van der Waals surface area (Å²) in [6, 6.07) is 7.92. The Bertz CT molecular complexity index is 564. The predicted molar refractivity (Wildman–Crippen MR) is 81.4 cm³/mol. The fourth-order valence-corrected chi connectivity index (χ4v) is 1.96. The zero-order valence-electron chi connectivity index (χ0n) is 12.9. The number of nitrogens with one attached hydrogen (secondary N) is 1. The van der Waals surface area contributed by atoms with Gasteiger partial charge in [-0.05, 0) is 52.0 Å². The van der Waals surface area contributed by atoms with Gasteiger partial charge in [-0.25, -0.2) is 4.68 Å². The second kappa shape index (κ2) is 5.67. The molecule has 0 aliphatic rings. The Morgan fingerprint density at radius 3 is 2.40 bits per heavy atom. The maximum absolute atomic E-state index is 5.18. The third-order valence-corrected chi connectivity index (χ3v) is 3.24. The summed E-state index contributed by atoms with van der Waals surface area (Å²) in [5.41, 5.74) is 3.53. The quantitative estimate of drug-likeness (QED) is 0.930. The Labute approximate surface area is 120 Å². The molecule has 108 valence electrons. The zero-order chi connectivity index (χ0) is 14.8. The Hall–Kier alpha value is -1.81. The molecule has 1 aromatic carbocycles. The highest BCUT2D eigenvalue weighted by atomic mass is 16.5. The number of rotatable bonds is 4. The highest BCUT2D eigenvalue weighted by Gasteiger charge is 2.12. The van der Waals surface area contributed by atoms with Gasteiger partial charge in [-0.15, -0.1) is 0 Å². The lowest BCUT2D eigenvalue weighted by Gasteiger charge is -2.20. The van der Waals surface area contributed by atoms with E-state index in [4.69, 9.17) is 4.74 Å². The topological polar surface area (TPSA) is 39.1 Å². The Morgan fingerprint density at radius 2 is 1.85 bits per heavy atom. The van der Waals surface area contributed by atoms with E-state index in [-0.39, 0.29) is 5.54 Å². The van der Waals surface area contributed by atoms with Gasteiger partial charge in [0.05, 0.1) is 19.0 Å². The molecule has 0 aliphatic heterocycles. The molecular formula is C16H23N3O. The predicted octanol–water partition coefficient (Wildman–Crippen LogP) is 3.08. The molecule has 2 aromatic rings. The summed E-state index contributed by atoms with van der Waals surface area (Å²) >= 11 is 0. The molecule has 0 aliphatic carbocycles. The molecule has 20 heavy (non-hydrogen) atoms. The number of benzene rings is 1. The van der Waals surface area contributed by atoms with Crippen LogP contribution in [-0.4, -0.2) is 22.4 Å². The number of ether oxygens (including phenoxy) is 1. The second-order valence-corrected chi connectivity index (χ2v) is 5.97. The van der Waals surface area contributed by atoms with Gasteiger partial charge in [0.2, 0.25) is 0 Å². The fourth-order valence-electron chi connectivity index (χ4n) is 1.96. The lowest BCUT2D eigenvalue weighted by atomic mass is 10.1. The van der Waals surface area contributed by atoms with Crippen LogP contribution in [0.25, 0.3) is 5.69 Å². The van der Waals surface area contributed by atoms with Crippen LogP contribution in [0.4, 0.5) is 0 Å². The van der Waals surface area contributed by atoms with Crippen LogP contribution in [0.2, 0.25) is 0 Å². The van der Waals surface area contributed by atoms with Crippen LogP contribution in [-0.2, 0) is 6.54 Å². The van der Waals surface area contributed by atoms with Crippen LogP contribution in [0, 0.1) is 6.92 Å². The van der Waals surface area contributed by atoms with Gasteiger partial charge in [0.1, 0.15) is 5.75 Å². The van der Waals surface area contributed by atoms with Gasteiger partial charge in [0.25, 0.3) is 0 Å². The molecule has 0 saturated heterocycles. The van der Waals surface area contributed by atoms with E-state index in [0.717, 1.165) is 23.7 Å². The van der Waals surface area contributed by atoms with Crippen molar-refractivity contribution in [3.05, 3.63) is 41.7 Å².